The molecular weight excluding hydrogens is 112 g/mol. The molecule has 0 aromatic heterocycles. The fraction of sp³-hybridized carbons (Fsp3) is 1.00. The number of aliphatic hydroxyl groups excluding tert-OH is 1. The summed E-state index contributed by atoms with van der Waals surface area (Å²) in [5.74, 6) is 0.491. The zero-order valence-electron chi connectivity index (χ0n) is 4.85. The monoisotopic (exact) mass is 124 g/mol. The van der Waals surface area contributed by atoms with Gasteiger partial charge in [-0.25, -0.2) is 0 Å². The normalized spacial score (nSPS) is 12.4. The van der Waals surface area contributed by atoms with Crippen LogP contribution in [0, 0.1) is 5.92 Å². The highest BCUT2D eigenvalue weighted by atomic mass is 35.5. The highest BCUT2D eigenvalue weighted by Crippen LogP contribution is 1.95. The standard InChI is InChI=1S/C5H12O.ClH/c1-3-5(2)4-6;/h5-6H,3-4H2,1-2H3;1H. The van der Waals surface area contributed by atoms with Crippen molar-refractivity contribution in [3.8, 4) is 0 Å². The molecule has 0 aliphatic heterocycles. The van der Waals surface area contributed by atoms with Gasteiger partial charge < -0.3 is 5.11 Å². The number of rotatable bonds is 2. The van der Waals surface area contributed by atoms with E-state index in [0.29, 0.717) is 12.5 Å². The highest BCUT2D eigenvalue weighted by molar-refractivity contribution is 5.85. The molecule has 46 valence electrons. The second-order valence-corrected chi connectivity index (χ2v) is 1.70. The zero-order chi connectivity index (χ0) is 4.99. The Balaban J connectivity index is 0. The van der Waals surface area contributed by atoms with Crippen LogP contribution in [0.2, 0.25) is 0 Å². The first kappa shape index (κ1) is 10.3. The first-order valence-electron chi connectivity index (χ1n) is 2.42. The van der Waals surface area contributed by atoms with E-state index < -0.39 is 0 Å². The van der Waals surface area contributed by atoms with E-state index in [1.165, 1.54) is 0 Å². The van der Waals surface area contributed by atoms with Gasteiger partial charge in [0.2, 0.25) is 0 Å². The molecule has 0 bridgehead atoms. The molecule has 1 nitrogen and oxygen atoms in total. The van der Waals surface area contributed by atoms with Crippen LogP contribution in [0.25, 0.3) is 0 Å². The molecule has 7 heavy (non-hydrogen) atoms. The summed E-state index contributed by atoms with van der Waals surface area (Å²) in [4.78, 5) is 0. The van der Waals surface area contributed by atoms with Crippen LogP contribution >= 0.6 is 12.4 Å². The molecule has 0 spiro atoms. The van der Waals surface area contributed by atoms with E-state index in [4.69, 9.17) is 5.11 Å². The van der Waals surface area contributed by atoms with Gasteiger partial charge in [0.15, 0.2) is 0 Å². The maximum Gasteiger partial charge on any atom is 0.0456 e. The Morgan fingerprint density at radius 1 is 1.57 bits per heavy atom. The Hall–Kier alpha value is 0.250. The van der Waals surface area contributed by atoms with Crippen molar-refractivity contribution in [1.29, 1.82) is 0 Å². The molecule has 0 aromatic carbocycles. The van der Waals surface area contributed by atoms with E-state index in [0.717, 1.165) is 6.42 Å². The fourth-order valence-corrected chi connectivity index (χ4v) is 0.129. The van der Waals surface area contributed by atoms with E-state index in [-0.39, 0.29) is 12.4 Å². The van der Waals surface area contributed by atoms with Crippen molar-refractivity contribution >= 4 is 12.4 Å². The minimum atomic E-state index is 0. The van der Waals surface area contributed by atoms with Crippen LogP contribution in [0.1, 0.15) is 20.3 Å². The number of hydrogen-bond donors (Lipinski definition) is 1. The maximum absolute atomic E-state index is 8.33. The lowest BCUT2D eigenvalue weighted by Gasteiger charge is -1.98. The molecule has 0 radical (unpaired) electrons. The van der Waals surface area contributed by atoms with Crippen molar-refractivity contribution in [2.45, 2.75) is 20.3 Å². The third kappa shape index (κ3) is 6.25. The average molecular weight is 125 g/mol. The predicted octanol–water partition coefficient (Wildman–Crippen LogP) is 1.45. The first-order chi connectivity index (χ1) is 2.81. The van der Waals surface area contributed by atoms with Crippen LogP contribution in [0.4, 0.5) is 0 Å². The summed E-state index contributed by atoms with van der Waals surface area (Å²) in [6.07, 6.45) is 1.08. The van der Waals surface area contributed by atoms with Gasteiger partial charge in [-0.2, -0.15) is 0 Å². The SMILES string of the molecule is CCC(C)CO.Cl. The molecule has 0 saturated heterocycles. The van der Waals surface area contributed by atoms with Crippen LogP contribution in [-0.2, 0) is 0 Å². The second-order valence-electron chi connectivity index (χ2n) is 1.70. The summed E-state index contributed by atoms with van der Waals surface area (Å²) in [5.41, 5.74) is 0. The summed E-state index contributed by atoms with van der Waals surface area (Å²) in [6.45, 7) is 4.43. The molecule has 0 aliphatic rings. The lowest BCUT2D eigenvalue weighted by molar-refractivity contribution is 0.234. The molecule has 0 aromatic rings. The molecular formula is C5H13ClO. The minimum absolute atomic E-state index is 0. The summed E-state index contributed by atoms with van der Waals surface area (Å²) < 4.78 is 0. The lowest BCUT2D eigenvalue weighted by atomic mass is 10.1. The van der Waals surface area contributed by atoms with Crippen molar-refractivity contribution in [3.05, 3.63) is 0 Å². The van der Waals surface area contributed by atoms with Crippen LogP contribution in [0.15, 0.2) is 0 Å². The van der Waals surface area contributed by atoms with E-state index >= 15 is 0 Å². The maximum atomic E-state index is 8.33. The second kappa shape index (κ2) is 6.25. The number of aliphatic hydroxyl groups is 1. The van der Waals surface area contributed by atoms with E-state index in [1.54, 1.807) is 0 Å². The van der Waals surface area contributed by atoms with Crippen LogP contribution in [0.5, 0.6) is 0 Å². The number of halogens is 1. The summed E-state index contributed by atoms with van der Waals surface area (Å²) in [6, 6.07) is 0. The quantitative estimate of drug-likeness (QED) is 0.591. The van der Waals surface area contributed by atoms with Crippen LogP contribution < -0.4 is 0 Å². The van der Waals surface area contributed by atoms with Gasteiger partial charge in [-0.3, -0.25) is 0 Å². The molecule has 1 atom stereocenters. The van der Waals surface area contributed by atoms with Crippen LogP contribution in [0.3, 0.4) is 0 Å². The van der Waals surface area contributed by atoms with Crippen LogP contribution in [-0.4, -0.2) is 11.7 Å². The fourth-order valence-electron chi connectivity index (χ4n) is 0.129. The Bertz CT molecular complexity index is 27.3. The van der Waals surface area contributed by atoms with Gasteiger partial charge in [0.25, 0.3) is 0 Å². The topological polar surface area (TPSA) is 20.2 Å². The van der Waals surface area contributed by atoms with Gasteiger partial charge in [0.1, 0.15) is 0 Å². The Morgan fingerprint density at radius 2 is 2.00 bits per heavy atom. The van der Waals surface area contributed by atoms with Gasteiger partial charge >= 0.3 is 0 Å². The smallest absolute Gasteiger partial charge is 0.0456 e. The summed E-state index contributed by atoms with van der Waals surface area (Å²) >= 11 is 0. The molecule has 0 heterocycles. The Morgan fingerprint density at radius 3 is 2.00 bits per heavy atom. The van der Waals surface area contributed by atoms with E-state index in [1.807, 2.05) is 6.92 Å². The van der Waals surface area contributed by atoms with Gasteiger partial charge in [-0.15, -0.1) is 12.4 Å². The van der Waals surface area contributed by atoms with Crippen molar-refractivity contribution in [1.82, 2.24) is 0 Å². The van der Waals surface area contributed by atoms with E-state index in [9.17, 15) is 0 Å². The Kier molecular flexibility index (Phi) is 9.17. The molecule has 1 N–H and O–H groups in total. The molecule has 2 heteroatoms. The van der Waals surface area contributed by atoms with Crippen molar-refractivity contribution in [2.75, 3.05) is 6.61 Å². The largest absolute Gasteiger partial charge is 0.396 e. The van der Waals surface area contributed by atoms with Gasteiger partial charge in [0, 0.05) is 6.61 Å². The molecule has 0 fully saturated rings. The molecule has 0 saturated carbocycles. The lowest BCUT2D eigenvalue weighted by Crippen LogP contribution is -1.96. The first-order valence-corrected chi connectivity index (χ1v) is 2.42. The molecule has 1 unspecified atom stereocenters. The van der Waals surface area contributed by atoms with Gasteiger partial charge in [-0.1, -0.05) is 20.3 Å². The third-order valence-electron chi connectivity index (χ3n) is 1.01. The van der Waals surface area contributed by atoms with Gasteiger partial charge in [0.05, 0.1) is 0 Å². The van der Waals surface area contributed by atoms with Crippen molar-refractivity contribution in [2.24, 2.45) is 5.92 Å². The summed E-state index contributed by atoms with van der Waals surface area (Å²) in [5, 5.41) is 8.33. The minimum Gasteiger partial charge on any atom is -0.396 e. The Labute approximate surface area is 51.1 Å². The zero-order valence-corrected chi connectivity index (χ0v) is 5.66. The summed E-state index contributed by atoms with van der Waals surface area (Å²) in [7, 11) is 0. The molecule has 0 aliphatic carbocycles. The number of hydrogen-bond acceptors (Lipinski definition) is 1. The molecule has 0 rings (SSSR count). The van der Waals surface area contributed by atoms with Crippen molar-refractivity contribution in [3.63, 3.8) is 0 Å². The predicted molar refractivity (Wildman–Crippen MR) is 33.8 cm³/mol. The average Bonchev–Trinajstić information content (AvgIpc) is 1.65. The highest BCUT2D eigenvalue weighted by Gasteiger charge is 1.90. The van der Waals surface area contributed by atoms with Gasteiger partial charge in [-0.05, 0) is 5.92 Å². The third-order valence-corrected chi connectivity index (χ3v) is 1.01. The van der Waals surface area contributed by atoms with E-state index in [2.05, 4.69) is 6.92 Å². The molecule has 0 amide bonds. The van der Waals surface area contributed by atoms with Crippen molar-refractivity contribution < 1.29 is 5.11 Å².